The van der Waals surface area contributed by atoms with Gasteiger partial charge in [-0.25, -0.2) is 0 Å². The first kappa shape index (κ1) is 23.8. The number of guanidine groups is 1. The standard InChI is InChI=1S/C17H27ClN4O2.HI/c1-6-24-14-9-13(18)8-7-12(14)10-20-16(19-5)21-11-15(23)22-17(2,3)4;/h7-9H,6,10-11H2,1-5H3,(H,22,23)(H2,19,20,21);1H. The van der Waals surface area contributed by atoms with Gasteiger partial charge in [0.15, 0.2) is 5.96 Å². The third-order valence-electron chi connectivity index (χ3n) is 2.93. The summed E-state index contributed by atoms with van der Waals surface area (Å²) in [5.74, 6) is 1.18. The number of amides is 1. The Kier molecular flexibility index (Phi) is 10.8. The molecular weight excluding hydrogens is 455 g/mol. The average Bonchev–Trinajstić information content (AvgIpc) is 2.47. The number of benzene rings is 1. The quantitative estimate of drug-likeness (QED) is 0.331. The molecule has 0 fully saturated rings. The molecule has 0 unspecified atom stereocenters. The Morgan fingerprint density at radius 1 is 1.28 bits per heavy atom. The third-order valence-corrected chi connectivity index (χ3v) is 3.16. The first-order valence-corrected chi connectivity index (χ1v) is 8.29. The van der Waals surface area contributed by atoms with E-state index in [1.165, 1.54) is 0 Å². The van der Waals surface area contributed by atoms with Gasteiger partial charge in [0.2, 0.25) is 5.91 Å². The summed E-state index contributed by atoms with van der Waals surface area (Å²) in [4.78, 5) is 16.0. The predicted molar refractivity (Wildman–Crippen MR) is 114 cm³/mol. The van der Waals surface area contributed by atoms with E-state index in [1.54, 1.807) is 13.1 Å². The molecule has 1 amide bonds. The van der Waals surface area contributed by atoms with Gasteiger partial charge in [-0.1, -0.05) is 17.7 Å². The first-order chi connectivity index (χ1) is 11.2. The number of carbonyl (C=O) groups is 1. The first-order valence-electron chi connectivity index (χ1n) is 7.92. The van der Waals surface area contributed by atoms with Crippen LogP contribution in [0.4, 0.5) is 0 Å². The minimum absolute atomic E-state index is 0. The molecule has 0 aromatic heterocycles. The molecule has 1 aromatic rings. The fourth-order valence-corrected chi connectivity index (χ4v) is 2.15. The Bertz CT molecular complexity index is 589. The van der Waals surface area contributed by atoms with Gasteiger partial charge in [-0.15, -0.1) is 24.0 Å². The number of nitrogens with zero attached hydrogens (tertiary/aromatic N) is 1. The van der Waals surface area contributed by atoms with Gasteiger partial charge >= 0.3 is 0 Å². The summed E-state index contributed by atoms with van der Waals surface area (Å²) >= 11 is 6.00. The van der Waals surface area contributed by atoms with E-state index in [2.05, 4.69) is 20.9 Å². The predicted octanol–water partition coefficient (Wildman–Crippen LogP) is 2.94. The molecule has 1 aromatic carbocycles. The van der Waals surface area contributed by atoms with E-state index in [0.717, 1.165) is 11.3 Å². The second-order valence-corrected chi connectivity index (χ2v) is 6.70. The number of rotatable bonds is 6. The highest BCUT2D eigenvalue weighted by Gasteiger charge is 2.13. The second kappa shape index (κ2) is 11.4. The lowest BCUT2D eigenvalue weighted by atomic mass is 10.1. The van der Waals surface area contributed by atoms with Gasteiger partial charge in [-0.2, -0.15) is 0 Å². The molecule has 0 radical (unpaired) electrons. The maximum Gasteiger partial charge on any atom is 0.239 e. The van der Waals surface area contributed by atoms with Crippen LogP contribution < -0.4 is 20.7 Å². The third kappa shape index (κ3) is 9.74. The molecule has 0 atom stereocenters. The van der Waals surface area contributed by atoms with Crippen molar-refractivity contribution in [2.45, 2.75) is 39.8 Å². The Balaban J connectivity index is 0.00000576. The summed E-state index contributed by atoms with van der Waals surface area (Å²) in [7, 11) is 1.66. The van der Waals surface area contributed by atoms with Gasteiger partial charge in [0.25, 0.3) is 0 Å². The van der Waals surface area contributed by atoms with Crippen molar-refractivity contribution < 1.29 is 9.53 Å². The number of hydrogen-bond donors (Lipinski definition) is 3. The van der Waals surface area contributed by atoms with Crippen LogP contribution in [0.25, 0.3) is 0 Å². The Labute approximate surface area is 172 Å². The number of aliphatic imine (C=N–C) groups is 1. The molecule has 0 aliphatic heterocycles. The monoisotopic (exact) mass is 482 g/mol. The Morgan fingerprint density at radius 3 is 2.52 bits per heavy atom. The fraction of sp³-hybridized carbons (Fsp3) is 0.529. The molecule has 0 spiro atoms. The summed E-state index contributed by atoms with van der Waals surface area (Å²) < 4.78 is 5.59. The van der Waals surface area contributed by atoms with E-state index in [9.17, 15) is 4.79 Å². The number of nitrogens with one attached hydrogen (secondary N) is 3. The van der Waals surface area contributed by atoms with Gasteiger partial charge in [-0.3, -0.25) is 9.79 Å². The lowest BCUT2D eigenvalue weighted by molar-refractivity contribution is -0.121. The van der Waals surface area contributed by atoms with Crippen molar-refractivity contribution in [1.29, 1.82) is 0 Å². The number of ether oxygens (including phenoxy) is 1. The van der Waals surface area contributed by atoms with Crippen LogP contribution in [-0.4, -0.2) is 37.6 Å². The zero-order valence-corrected chi connectivity index (χ0v) is 18.5. The summed E-state index contributed by atoms with van der Waals surface area (Å²) in [6.45, 7) is 8.96. The van der Waals surface area contributed by atoms with Crippen LogP contribution in [0.1, 0.15) is 33.3 Å². The van der Waals surface area contributed by atoms with Gasteiger partial charge < -0.3 is 20.7 Å². The summed E-state index contributed by atoms with van der Waals surface area (Å²) in [5, 5.41) is 9.66. The smallest absolute Gasteiger partial charge is 0.239 e. The molecule has 1 rings (SSSR count). The maximum absolute atomic E-state index is 11.8. The molecule has 0 aliphatic carbocycles. The van der Waals surface area contributed by atoms with Crippen LogP contribution in [-0.2, 0) is 11.3 Å². The molecular formula is C17H28ClIN4O2. The Hall–Kier alpha value is -1.22. The van der Waals surface area contributed by atoms with Crippen LogP contribution in [0.5, 0.6) is 5.75 Å². The summed E-state index contributed by atoms with van der Waals surface area (Å²) in [5.41, 5.74) is 0.703. The van der Waals surface area contributed by atoms with E-state index in [4.69, 9.17) is 16.3 Å². The largest absolute Gasteiger partial charge is 0.493 e. The van der Waals surface area contributed by atoms with Crippen LogP contribution in [0.3, 0.4) is 0 Å². The van der Waals surface area contributed by atoms with Crippen molar-refractivity contribution in [1.82, 2.24) is 16.0 Å². The highest BCUT2D eigenvalue weighted by molar-refractivity contribution is 14.0. The lowest BCUT2D eigenvalue weighted by Crippen LogP contribution is -2.48. The minimum Gasteiger partial charge on any atom is -0.493 e. The van der Waals surface area contributed by atoms with Crippen molar-refractivity contribution in [3.05, 3.63) is 28.8 Å². The molecule has 0 bridgehead atoms. The fourth-order valence-electron chi connectivity index (χ4n) is 1.99. The van der Waals surface area contributed by atoms with E-state index in [-0.39, 0.29) is 42.0 Å². The summed E-state index contributed by atoms with van der Waals surface area (Å²) in [6, 6.07) is 5.50. The molecule has 0 heterocycles. The van der Waals surface area contributed by atoms with Crippen molar-refractivity contribution in [3.8, 4) is 5.75 Å². The molecule has 0 saturated carbocycles. The second-order valence-electron chi connectivity index (χ2n) is 6.26. The van der Waals surface area contributed by atoms with Gasteiger partial charge in [0.1, 0.15) is 5.75 Å². The van der Waals surface area contributed by atoms with Crippen LogP contribution >= 0.6 is 35.6 Å². The topological polar surface area (TPSA) is 74.8 Å². The van der Waals surface area contributed by atoms with Crippen molar-refractivity contribution >= 4 is 47.4 Å². The van der Waals surface area contributed by atoms with Gasteiger partial charge in [0, 0.05) is 29.7 Å². The summed E-state index contributed by atoms with van der Waals surface area (Å²) in [6.07, 6.45) is 0. The molecule has 142 valence electrons. The molecule has 6 nitrogen and oxygen atoms in total. The van der Waals surface area contributed by atoms with Crippen molar-refractivity contribution in [3.63, 3.8) is 0 Å². The molecule has 3 N–H and O–H groups in total. The van der Waals surface area contributed by atoms with Gasteiger partial charge in [-0.05, 0) is 39.8 Å². The average molecular weight is 483 g/mol. The molecule has 0 saturated heterocycles. The zero-order chi connectivity index (χ0) is 18.2. The van der Waals surface area contributed by atoms with Crippen LogP contribution in [0.15, 0.2) is 23.2 Å². The number of carbonyl (C=O) groups excluding carboxylic acids is 1. The molecule has 0 aliphatic rings. The van der Waals surface area contributed by atoms with E-state index in [1.807, 2.05) is 39.8 Å². The number of hydrogen-bond acceptors (Lipinski definition) is 3. The Morgan fingerprint density at radius 2 is 1.96 bits per heavy atom. The van der Waals surface area contributed by atoms with Gasteiger partial charge in [0.05, 0.1) is 13.2 Å². The molecule has 25 heavy (non-hydrogen) atoms. The SMILES string of the molecule is CCOc1cc(Cl)ccc1CNC(=NC)NCC(=O)NC(C)(C)C.I. The van der Waals surface area contributed by atoms with E-state index < -0.39 is 0 Å². The van der Waals surface area contributed by atoms with E-state index in [0.29, 0.717) is 24.1 Å². The number of halogens is 2. The minimum atomic E-state index is -0.259. The molecule has 8 heteroatoms. The van der Waals surface area contributed by atoms with Crippen molar-refractivity contribution in [2.75, 3.05) is 20.2 Å². The maximum atomic E-state index is 11.8. The van der Waals surface area contributed by atoms with Crippen LogP contribution in [0, 0.1) is 0 Å². The normalized spacial score (nSPS) is 11.4. The van der Waals surface area contributed by atoms with Crippen molar-refractivity contribution in [2.24, 2.45) is 4.99 Å². The highest BCUT2D eigenvalue weighted by atomic mass is 127. The van der Waals surface area contributed by atoms with E-state index >= 15 is 0 Å². The highest BCUT2D eigenvalue weighted by Crippen LogP contribution is 2.23. The zero-order valence-electron chi connectivity index (χ0n) is 15.4. The van der Waals surface area contributed by atoms with Crippen LogP contribution in [0.2, 0.25) is 5.02 Å². The lowest BCUT2D eigenvalue weighted by Gasteiger charge is -2.21.